The minimum absolute atomic E-state index is 0.122. The first-order valence-electron chi connectivity index (χ1n) is 9.36. The summed E-state index contributed by atoms with van der Waals surface area (Å²) in [6.07, 6.45) is 3.49. The summed E-state index contributed by atoms with van der Waals surface area (Å²) in [5, 5.41) is 3.43. The van der Waals surface area contributed by atoms with E-state index >= 15 is 0 Å². The molecule has 1 heterocycles. The van der Waals surface area contributed by atoms with Crippen molar-refractivity contribution in [2.24, 2.45) is 0 Å². The number of nitrogens with zero attached hydrogens (tertiary/aromatic N) is 3. The Bertz CT molecular complexity index is 1170. The van der Waals surface area contributed by atoms with Crippen molar-refractivity contribution in [1.29, 1.82) is 0 Å². The van der Waals surface area contributed by atoms with Gasteiger partial charge in [0.2, 0.25) is 15.9 Å². The third-order valence-electron chi connectivity index (χ3n) is 4.52. The summed E-state index contributed by atoms with van der Waals surface area (Å²) in [6, 6.07) is 12.4. The van der Waals surface area contributed by atoms with Crippen LogP contribution in [0.1, 0.15) is 5.56 Å². The highest BCUT2D eigenvalue weighted by Gasteiger charge is 2.20. The average molecular weight is 461 g/mol. The molecule has 3 aromatic rings. The fourth-order valence-corrected chi connectivity index (χ4v) is 4.73. The summed E-state index contributed by atoms with van der Waals surface area (Å²) >= 11 is 1.29. The molecule has 0 atom stereocenters. The lowest BCUT2D eigenvalue weighted by Crippen LogP contribution is -2.23. The zero-order valence-corrected chi connectivity index (χ0v) is 19.3. The van der Waals surface area contributed by atoms with Crippen molar-refractivity contribution in [2.75, 3.05) is 32.3 Å². The van der Waals surface area contributed by atoms with E-state index < -0.39 is 10.0 Å². The quantitative estimate of drug-likeness (QED) is 0.519. The number of anilines is 1. The van der Waals surface area contributed by atoms with E-state index in [2.05, 4.69) is 10.3 Å². The first-order valence-corrected chi connectivity index (χ1v) is 11.8. The fourth-order valence-electron chi connectivity index (χ4n) is 2.82. The molecule has 0 spiro atoms. The van der Waals surface area contributed by atoms with Crippen molar-refractivity contribution in [3.05, 3.63) is 60.4 Å². The molecular weight excluding hydrogens is 436 g/mol. The zero-order valence-electron chi connectivity index (χ0n) is 17.7. The molecule has 10 heteroatoms. The molecule has 0 bridgehead atoms. The number of ether oxygens (including phenoxy) is 1. The number of aryl methyl sites for hydroxylation is 1. The maximum absolute atomic E-state index is 12.5. The molecule has 1 N–H and O–H groups in total. The minimum Gasteiger partial charge on any atom is -0.497 e. The first kappa shape index (κ1) is 22.9. The third kappa shape index (κ3) is 5.27. The van der Waals surface area contributed by atoms with Gasteiger partial charge in [-0.05, 0) is 48.9 Å². The maximum atomic E-state index is 12.5. The number of hydrogen-bond acceptors (Lipinski definition) is 6. The van der Waals surface area contributed by atoms with Gasteiger partial charge < -0.3 is 10.1 Å². The predicted molar refractivity (Wildman–Crippen MR) is 122 cm³/mol. The monoisotopic (exact) mass is 460 g/mol. The lowest BCUT2D eigenvalue weighted by Gasteiger charge is -2.15. The van der Waals surface area contributed by atoms with Crippen LogP contribution in [0.4, 0.5) is 5.69 Å². The third-order valence-corrected chi connectivity index (χ3v) is 7.44. The number of aromatic nitrogens is 2. The van der Waals surface area contributed by atoms with Crippen LogP contribution < -0.4 is 10.1 Å². The summed E-state index contributed by atoms with van der Waals surface area (Å²) in [6.45, 7) is 1.72. The Hall–Kier alpha value is -2.82. The number of carbonyl (C=O) groups excluding carboxylic acids is 1. The highest BCUT2D eigenvalue weighted by atomic mass is 32.2. The fraction of sp³-hybridized carbons (Fsp3) is 0.238. The average Bonchev–Trinajstić information content (AvgIpc) is 3.22. The van der Waals surface area contributed by atoms with Gasteiger partial charge in [-0.1, -0.05) is 17.8 Å². The molecule has 1 aromatic heterocycles. The molecule has 8 nitrogen and oxygen atoms in total. The molecule has 0 fully saturated rings. The molecule has 1 amide bonds. The Morgan fingerprint density at radius 1 is 1.19 bits per heavy atom. The van der Waals surface area contributed by atoms with Gasteiger partial charge in [-0.15, -0.1) is 0 Å². The molecule has 0 saturated heterocycles. The zero-order chi connectivity index (χ0) is 22.6. The highest BCUT2D eigenvalue weighted by molar-refractivity contribution is 7.99. The van der Waals surface area contributed by atoms with Crippen LogP contribution in [0.2, 0.25) is 0 Å². The van der Waals surface area contributed by atoms with Crippen molar-refractivity contribution in [3.63, 3.8) is 0 Å². The number of methoxy groups -OCH3 is 1. The Balaban J connectivity index is 1.69. The number of thioether (sulfide) groups is 1. The summed E-state index contributed by atoms with van der Waals surface area (Å²) < 4.78 is 33.2. The van der Waals surface area contributed by atoms with Gasteiger partial charge in [0.25, 0.3) is 0 Å². The molecule has 164 valence electrons. The van der Waals surface area contributed by atoms with E-state index in [1.54, 1.807) is 32.4 Å². The Labute approximate surface area is 186 Å². The molecule has 2 aromatic carbocycles. The molecule has 0 aliphatic rings. The van der Waals surface area contributed by atoms with Crippen molar-refractivity contribution >= 4 is 33.4 Å². The van der Waals surface area contributed by atoms with Crippen molar-refractivity contribution in [2.45, 2.75) is 17.0 Å². The van der Waals surface area contributed by atoms with Crippen LogP contribution in [0.25, 0.3) is 5.69 Å². The topological polar surface area (TPSA) is 93.5 Å². The molecular formula is C21H24N4O4S2. The van der Waals surface area contributed by atoms with E-state index in [0.29, 0.717) is 16.4 Å². The van der Waals surface area contributed by atoms with Crippen LogP contribution in [0, 0.1) is 6.92 Å². The minimum atomic E-state index is -3.60. The van der Waals surface area contributed by atoms with Gasteiger partial charge >= 0.3 is 0 Å². The SMILES string of the molecule is COc1ccc(-n2ccnc2SCC(=O)Nc2ccc(C)c(S(=O)(=O)N(C)C)c2)cc1. The Kier molecular flexibility index (Phi) is 7.04. The summed E-state index contributed by atoms with van der Waals surface area (Å²) in [5.41, 5.74) is 1.94. The van der Waals surface area contributed by atoms with Gasteiger partial charge in [0, 0.05) is 37.9 Å². The van der Waals surface area contributed by atoms with Crippen molar-refractivity contribution in [1.82, 2.24) is 13.9 Å². The molecule has 3 rings (SSSR count). The summed E-state index contributed by atoms with van der Waals surface area (Å²) in [5.74, 6) is 0.620. The predicted octanol–water partition coefficient (Wildman–Crippen LogP) is 3.17. The highest BCUT2D eigenvalue weighted by Crippen LogP contribution is 2.24. The molecule has 0 unspecified atom stereocenters. The second kappa shape index (κ2) is 9.54. The van der Waals surface area contributed by atoms with E-state index in [4.69, 9.17) is 4.74 Å². The van der Waals surface area contributed by atoms with Gasteiger partial charge in [0.15, 0.2) is 5.16 Å². The molecule has 0 aliphatic carbocycles. The Morgan fingerprint density at radius 2 is 1.90 bits per heavy atom. The number of rotatable bonds is 8. The van der Waals surface area contributed by atoms with Crippen LogP contribution in [0.5, 0.6) is 5.75 Å². The van der Waals surface area contributed by atoms with Crippen LogP contribution >= 0.6 is 11.8 Å². The molecule has 0 aliphatic heterocycles. The maximum Gasteiger partial charge on any atom is 0.242 e. The van der Waals surface area contributed by atoms with Crippen LogP contribution in [0.3, 0.4) is 0 Å². The van der Waals surface area contributed by atoms with Crippen LogP contribution in [-0.2, 0) is 14.8 Å². The van der Waals surface area contributed by atoms with Gasteiger partial charge in [0.05, 0.1) is 17.8 Å². The Morgan fingerprint density at radius 3 is 2.55 bits per heavy atom. The van der Waals surface area contributed by atoms with E-state index in [1.165, 1.54) is 31.9 Å². The van der Waals surface area contributed by atoms with Gasteiger partial charge in [-0.25, -0.2) is 17.7 Å². The number of carbonyl (C=O) groups is 1. The normalized spacial score (nSPS) is 11.5. The standard InChI is InChI=1S/C21H24N4O4S2/c1-15-5-6-16(13-19(15)31(27,28)24(2)3)23-20(26)14-30-21-22-11-12-25(21)17-7-9-18(29-4)10-8-17/h5-13H,14H2,1-4H3,(H,23,26). The first-order chi connectivity index (χ1) is 14.7. The van der Waals surface area contributed by atoms with Crippen molar-refractivity contribution < 1.29 is 17.9 Å². The van der Waals surface area contributed by atoms with E-state index in [0.717, 1.165) is 15.7 Å². The van der Waals surface area contributed by atoms with Gasteiger partial charge in [-0.3, -0.25) is 9.36 Å². The summed E-state index contributed by atoms with van der Waals surface area (Å²) in [7, 11) is 0.957. The second-order valence-electron chi connectivity index (χ2n) is 6.88. The number of benzene rings is 2. The van der Waals surface area contributed by atoms with Crippen LogP contribution in [-0.4, -0.2) is 55.1 Å². The van der Waals surface area contributed by atoms with Crippen LogP contribution in [0.15, 0.2) is 64.9 Å². The number of imidazole rings is 1. The van der Waals surface area contributed by atoms with E-state index in [-0.39, 0.29) is 16.6 Å². The molecule has 0 saturated carbocycles. The second-order valence-corrected chi connectivity index (χ2v) is 9.95. The smallest absolute Gasteiger partial charge is 0.242 e. The van der Waals surface area contributed by atoms with Gasteiger partial charge in [0.1, 0.15) is 5.75 Å². The number of hydrogen-bond donors (Lipinski definition) is 1. The summed E-state index contributed by atoms with van der Waals surface area (Å²) in [4.78, 5) is 17.0. The lowest BCUT2D eigenvalue weighted by atomic mass is 10.2. The largest absolute Gasteiger partial charge is 0.497 e. The van der Waals surface area contributed by atoms with Gasteiger partial charge in [-0.2, -0.15) is 0 Å². The lowest BCUT2D eigenvalue weighted by molar-refractivity contribution is -0.113. The number of amides is 1. The molecule has 31 heavy (non-hydrogen) atoms. The van der Waals surface area contributed by atoms with Crippen molar-refractivity contribution in [3.8, 4) is 11.4 Å². The molecule has 0 radical (unpaired) electrons. The van der Waals surface area contributed by atoms with E-state index in [1.807, 2.05) is 35.0 Å². The number of sulfonamides is 1. The number of nitrogens with one attached hydrogen (secondary N) is 1. The van der Waals surface area contributed by atoms with E-state index in [9.17, 15) is 13.2 Å².